The first kappa shape index (κ1) is 16.3. The van der Waals surface area contributed by atoms with Gasteiger partial charge in [0.2, 0.25) is 5.91 Å². The Morgan fingerprint density at radius 1 is 1.29 bits per heavy atom. The second-order valence-electron chi connectivity index (χ2n) is 6.45. The fourth-order valence-electron chi connectivity index (χ4n) is 3.21. The van der Waals surface area contributed by atoms with E-state index in [-0.39, 0.29) is 18.4 Å². The third-order valence-electron chi connectivity index (χ3n) is 4.78. The summed E-state index contributed by atoms with van der Waals surface area (Å²) in [6.45, 7) is 1.30. The summed E-state index contributed by atoms with van der Waals surface area (Å²) < 4.78 is 0. The molecule has 0 bridgehead atoms. The Bertz CT molecular complexity index is 670. The van der Waals surface area contributed by atoms with E-state index in [2.05, 4.69) is 10.6 Å². The molecule has 7 nitrogen and oxygen atoms in total. The number of hydrogen-bond donors (Lipinski definition) is 3. The molecule has 1 heterocycles. The van der Waals surface area contributed by atoms with Gasteiger partial charge >= 0.3 is 12.0 Å². The van der Waals surface area contributed by atoms with Crippen molar-refractivity contribution in [3.63, 3.8) is 0 Å². The van der Waals surface area contributed by atoms with Gasteiger partial charge in [-0.2, -0.15) is 0 Å². The van der Waals surface area contributed by atoms with Gasteiger partial charge in [-0.05, 0) is 37.5 Å². The van der Waals surface area contributed by atoms with Gasteiger partial charge in [0, 0.05) is 30.9 Å². The summed E-state index contributed by atoms with van der Waals surface area (Å²) in [4.78, 5) is 37.1. The summed E-state index contributed by atoms with van der Waals surface area (Å²) in [7, 11) is 0. The van der Waals surface area contributed by atoms with Crippen LogP contribution in [0.2, 0.25) is 0 Å². The molecule has 0 radical (unpaired) electrons. The average Bonchev–Trinajstić information content (AvgIpc) is 2.51. The Hall–Kier alpha value is -2.57. The molecule has 7 heteroatoms. The number of amides is 3. The number of carbonyl (C=O) groups is 3. The molecule has 3 amide bonds. The van der Waals surface area contributed by atoms with E-state index >= 15 is 0 Å². The van der Waals surface area contributed by atoms with Gasteiger partial charge in [0.1, 0.15) is 0 Å². The standard InChI is InChI=1S/C17H21N3O4/c21-14(11-17(15(22)23)6-2-7-17)19-12-4-1-5-13(10-12)20-9-3-8-18-16(20)24/h1,4-5,10H,2-3,6-9,11H2,(H,18,24)(H,19,21)(H,22,23). The summed E-state index contributed by atoms with van der Waals surface area (Å²) in [5.41, 5.74) is 0.367. The Morgan fingerprint density at radius 3 is 2.71 bits per heavy atom. The maximum absolute atomic E-state index is 12.2. The van der Waals surface area contributed by atoms with Gasteiger partial charge in [-0.25, -0.2) is 4.79 Å². The summed E-state index contributed by atoms with van der Waals surface area (Å²) in [6, 6.07) is 6.90. The smallest absolute Gasteiger partial charge is 0.321 e. The molecule has 1 aliphatic heterocycles. The number of nitrogens with zero attached hydrogens (tertiary/aromatic N) is 1. The number of aliphatic carboxylic acids is 1. The first-order chi connectivity index (χ1) is 11.5. The summed E-state index contributed by atoms with van der Waals surface area (Å²) in [5, 5.41) is 14.8. The predicted molar refractivity (Wildman–Crippen MR) is 89.0 cm³/mol. The Labute approximate surface area is 140 Å². The molecule has 1 aromatic rings. The Morgan fingerprint density at radius 2 is 2.08 bits per heavy atom. The lowest BCUT2D eigenvalue weighted by molar-refractivity contribution is -0.157. The fraction of sp³-hybridized carbons (Fsp3) is 0.471. The van der Waals surface area contributed by atoms with E-state index in [1.807, 2.05) is 6.07 Å². The van der Waals surface area contributed by atoms with Crippen LogP contribution in [0.1, 0.15) is 32.1 Å². The molecule has 1 aromatic carbocycles. The van der Waals surface area contributed by atoms with Crippen molar-refractivity contribution in [1.29, 1.82) is 0 Å². The van der Waals surface area contributed by atoms with Crippen LogP contribution in [-0.2, 0) is 9.59 Å². The van der Waals surface area contributed by atoms with E-state index in [1.165, 1.54) is 0 Å². The van der Waals surface area contributed by atoms with Crippen molar-refractivity contribution in [2.45, 2.75) is 32.1 Å². The van der Waals surface area contributed by atoms with Crippen LogP contribution in [0.15, 0.2) is 24.3 Å². The van der Waals surface area contributed by atoms with Crippen LogP contribution in [0.25, 0.3) is 0 Å². The molecule has 3 N–H and O–H groups in total. The topological polar surface area (TPSA) is 98.7 Å². The molecule has 2 fully saturated rings. The zero-order valence-corrected chi connectivity index (χ0v) is 13.4. The molecule has 3 rings (SSSR count). The van der Waals surface area contributed by atoms with E-state index in [1.54, 1.807) is 23.1 Å². The van der Waals surface area contributed by atoms with Crippen molar-refractivity contribution in [2.75, 3.05) is 23.3 Å². The summed E-state index contributed by atoms with van der Waals surface area (Å²) in [6.07, 6.45) is 2.78. The SMILES string of the molecule is O=C(CC1(C(=O)O)CCC1)Nc1cccc(N2CCCNC2=O)c1. The summed E-state index contributed by atoms with van der Waals surface area (Å²) in [5.74, 6) is -1.21. The van der Waals surface area contributed by atoms with Crippen LogP contribution in [-0.4, -0.2) is 36.1 Å². The number of carboxylic acid groups (broad SMARTS) is 1. The van der Waals surface area contributed by atoms with Crippen LogP contribution >= 0.6 is 0 Å². The maximum atomic E-state index is 12.2. The third kappa shape index (κ3) is 3.20. The minimum atomic E-state index is -0.908. The van der Waals surface area contributed by atoms with E-state index in [4.69, 9.17) is 0 Å². The lowest BCUT2D eigenvalue weighted by Crippen LogP contribution is -2.46. The number of rotatable bonds is 5. The van der Waals surface area contributed by atoms with E-state index in [0.29, 0.717) is 37.3 Å². The molecular formula is C17H21N3O4. The highest BCUT2D eigenvalue weighted by atomic mass is 16.4. The molecule has 2 aliphatic rings. The molecule has 24 heavy (non-hydrogen) atoms. The first-order valence-electron chi connectivity index (χ1n) is 8.19. The zero-order valence-electron chi connectivity index (χ0n) is 13.4. The van der Waals surface area contributed by atoms with Crippen molar-refractivity contribution in [2.24, 2.45) is 5.41 Å². The van der Waals surface area contributed by atoms with Crippen LogP contribution in [0, 0.1) is 5.41 Å². The van der Waals surface area contributed by atoms with Crippen LogP contribution in [0.4, 0.5) is 16.2 Å². The van der Waals surface area contributed by atoms with E-state index in [9.17, 15) is 19.5 Å². The number of anilines is 2. The predicted octanol–water partition coefficient (Wildman–Crippen LogP) is 2.19. The van der Waals surface area contributed by atoms with Gasteiger partial charge < -0.3 is 15.7 Å². The Kier molecular flexibility index (Phi) is 4.42. The maximum Gasteiger partial charge on any atom is 0.321 e. The number of benzene rings is 1. The van der Waals surface area contributed by atoms with Gasteiger partial charge in [0.15, 0.2) is 0 Å². The minimum Gasteiger partial charge on any atom is -0.481 e. The quantitative estimate of drug-likeness (QED) is 0.770. The Balaban J connectivity index is 1.67. The van der Waals surface area contributed by atoms with Gasteiger partial charge in [0.05, 0.1) is 5.41 Å². The van der Waals surface area contributed by atoms with Crippen molar-refractivity contribution >= 4 is 29.3 Å². The van der Waals surface area contributed by atoms with Crippen molar-refractivity contribution in [3.8, 4) is 0 Å². The normalized spacial score (nSPS) is 19.2. The molecule has 1 aliphatic carbocycles. The number of carbonyl (C=O) groups excluding carboxylic acids is 2. The lowest BCUT2D eigenvalue weighted by atomic mass is 9.66. The molecule has 1 saturated carbocycles. The van der Waals surface area contributed by atoms with Crippen molar-refractivity contribution in [1.82, 2.24) is 5.32 Å². The van der Waals surface area contributed by atoms with Crippen molar-refractivity contribution in [3.05, 3.63) is 24.3 Å². The number of urea groups is 1. The molecular weight excluding hydrogens is 310 g/mol. The number of nitrogens with one attached hydrogen (secondary N) is 2. The first-order valence-corrected chi connectivity index (χ1v) is 8.19. The van der Waals surface area contributed by atoms with Crippen molar-refractivity contribution < 1.29 is 19.5 Å². The summed E-state index contributed by atoms with van der Waals surface area (Å²) >= 11 is 0. The third-order valence-corrected chi connectivity index (χ3v) is 4.78. The second kappa shape index (κ2) is 6.51. The largest absolute Gasteiger partial charge is 0.481 e. The highest BCUT2D eigenvalue weighted by molar-refractivity contribution is 5.96. The highest BCUT2D eigenvalue weighted by Crippen LogP contribution is 2.44. The van der Waals surface area contributed by atoms with Crippen LogP contribution in [0.5, 0.6) is 0 Å². The molecule has 128 valence electrons. The van der Waals surface area contributed by atoms with E-state index < -0.39 is 11.4 Å². The molecule has 0 unspecified atom stereocenters. The van der Waals surface area contributed by atoms with Gasteiger partial charge in [0.25, 0.3) is 0 Å². The molecule has 0 atom stereocenters. The monoisotopic (exact) mass is 331 g/mol. The van der Waals surface area contributed by atoms with Crippen LogP contribution < -0.4 is 15.5 Å². The number of carboxylic acids is 1. The second-order valence-corrected chi connectivity index (χ2v) is 6.45. The minimum absolute atomic E-state index is 0.0171. The molecule has 0 aromatic heterocycles. The molecule has 0 spiro atoms. The van der Waals surface area contributed by atoms with Gasteiger partial charge in [-0.15, -0.1) is 0 Å². The number of hydrogen-bond acceptors (Lipinski definition) is 3. The van der Waals surface area contributed by atoms with E-state index in [0.717, 1.165) is 12.8 Å². The average molecular weight is 331 g/mol. The van der Waals surface area contributed by atoms with Crippen LogP contribution in [0.3, 0.4) is 0 Å². The molecule has 1 saturated heterocycles. The van der Waals surface area contributed by atoms with Gasteiger partial charge in [-0.3, -0.25) is 14.5 Å². The fourth-order valence-corrected chi connectivity index (χ4v) is 3.21. The highest BCUT2D eigenvalue weighted by Gasteiger charge is 2.45. The lowest BCUT2D eigenvalue weighted by Gasteiger charge is -2.36. The zero-order chi connectivity index (χ0) is 17.2. The van der Waals surface area contributed by atoms with Gasteiger partial charge in [-0.1, -0.05) is 12.5 Å².